The zero-order chi connectivity index (χ0) is 12.7. The minimum atomic E-state index is 0.726. The minimum Gasteiger partial charge on any atom is -0.330 e. The fourth-order valence-corrected chi connectivity index (χ4v) is 3.05. The molecule has 0 spiro atoms. The molecule has 2 nitrogen and oxygen atoms in total. The van der Waals surface area contributed by atoms with Crippen LogP contribution in [0, 0.1) is 11.8 Å². The summed E-state index contributed by atoms with van der Waals surface area (Å²) in [5.74, 6) is 1.73. The van der Waals surface area contributed by atoms with Crippen molar-refractivity contribution < 1.29 is 0 Å². The summed E-state index contributed by atoms with van der Waals surface area (Å²) < 4.78 is 0. The molecule has 2 heteroatoms. The molecule has 0 heterocycles. The zero-order valence-electron chi connectivity index (χ0n) is 12.1. The van der Waals surface area contributed by atoms with E-state index in [2.05, 4.69) is 25.8 Å². The van der Waals surface area contributed by atoms with Crippen molar-refractivity contribution in [3.8, 4) is 0 Å². The Bertz CT molecular complexity index is 181. The molecule has 0 radical (unpaired) electrons. The van der Waals surface area contributed by atoms with Crippen LogP contribution in [0.25, 0.3) is 0 Å². The van der Waals surface area contributed by atoms with Crippen molar-refractivity contribution in [1.29, 1.82) is 0 Å². The van der Waals surface area contributed by atoms with Gasteiger partial charge in [0.05, 0.1) is 0 Å². The molecule has 1 rings (SSSR count). The summed E-state index contributed by atoms with van der Waals surface area (Å²) in [6.07, 6.45) is 9.59. The van der Waals surface area contributed by atoms with Gasteiger partial charge >= 0.3 is 0 Å². The maximum atomic E-state index is 5.77. The van der Waals surface area contributed by atoms with Crippen molar-refractivity contribution in [2.24, 2.45) is 17.6 Å². The maximum Gasteiger partial charge on any atom is 0.00924 e. The van der Waals surface area contributed by atoms with Gasteiger partial charge in [0, 0.05) is 6.04 Å². The Morgan fingerprint density at radius 2 is 1.82 bits per heavy atom. The summed E-state index contributed by atoms with van der Waals surface area (Å²) >= 11 is 0. The van der Waals surface area contributed by atoms with Gasteiger partial charge in [-0.1, -0.05) is 26.7 Å². The van der Waals surface area contributed by atoms with E-state index >= 15 is 0 Å². The summed E-state index contributed by atoms with van der Waals surface area (Å²) in [4.78, 5) is 2.59. The molecule has 1 unspecified atom stereocenters. The van der Waals surface area contributed by atoms with Gasteiger partial charge in [0.1, 0.15) is 0 Å². The summed E-state index contributed by atoms with van der Waals surface area (Å²) in [6.45, 7) is 6.68. The normalized spacial score (nSPS) is 27.4. The van der Waals surface area contributed by atoms with Gasteiger partial charge < -0.3 is 10.6 Å². The van der Waals surface area contributed by atoms with Crippen LogP contribution in [0.1, 0.15) is 58.8 Å². The number of rotatable bonds is 7. The van der Waals surface area contributed by atoms with Crippen molar-refractivity contribution in [2.45, 2.75) is 64.8 Å². The van der Waals surface area contributed by atoms with Crippen LogP contribution in [0.3, 0.4) is 0 Å². The Balaban J connectivity index is 2.22. The summed E-state index contributed by atoms with van der Waals surface area (Å²) in [7, 11) is 2.31. The smallest absolute Gasteiger partial charge is 0.00924 e. The molecule has 1 aliphatic carbocycles. The number of hydrogen-bond donors (Lipinski definition) is 1. The van der Waals surface area contributed by atoms with E-state index in [1.165, 1.54) is 51.5 Å². The molecule has 0 saturated heterocycles. The summed E-state index contributed by atoms with van der Waals surface area (Å²) in [5.41, 5.74) is 5.77. The third-order valence-electron chi connectivity index (χ3n) is 4.82. The number of hydrogen-bond acceptors (Lipinski definition) is 2. The lowest BCUT2D eigenvalue weighted by Gasteiger charge is -2.35. The molecule has 1 fully saturated rings. The van der Waals surface area contributed by atoms with Crippen LogP contribution in [0.5, 0.6) is 0 Å². The molecule has 2 N–H and O–H groups in total. The first kappa shape index (κ1) is 15.0. The van der Waals surface area contributed by atoms with Gasteiger partial charge in [0.2, 0.25) is 0 Å². The molecule has 1 aliphatic rings. The summed E-state index contributed by atoms with van der Waals surface area (Å²) in [5, 5.41) is 0. The molecule has 0 amide bonds. The highest BCUT2D eigenvalue weighted by Crippen LogP contribution is 2.29. The van der Waals surface area contributed by atoms with Gasteiger partial charge in [0.25, 0.3) is 0 Å². The monoisotopic (exact) mass is 240 g/mol. The van der Waals surface area contributed by atoms with Crippen LogP contribution < -0.4 is 5.73 Å². The van der Waals surface area contributed by atoms with Gasteiger partial charge in [-0.25, -0.2) is 0 Å². The molecular weight excluding hydrogens is 208 g/mol. The molecular formula is C15H32N2. The van der Waals surface area contributed by atoms with Crippen LogP contribution in [0.4, 0.5) is 0 Å². The van der Waals surface area contributed by atoms with Gasteiger partial charge in [-0.2, -0.15) is 0 Å². The average molecular weight is 240 g/mol. The fraction of sp³-hybridized carbons (Fsp3) is 1.00. The van der Waals surface area contributed by atoms with E-state index in [4.69, 9.17) is 5.73 Å². The van der Waals surface area contributed by atoms with E-state index in [1.807, 2.05) is 0 Å². The molecule has 0 aromatic carbocycles. The average Bonchev–Trinajstić information content (AvgIpc) is 2.39. The molecule has 0 aromatic rings. The number of nitrogens with zero attached hydrogens (tertiary/aromatic N) is 1. The first-order valence-electron chi connectivity index (χ1n) is 7.61. The molecule has 0 bridgehead atoms. The number of nitrogens with two attached hydrogens (primary N) is 1. The second-order valence-corrected chi connectivity index (χ2v) is 5.86. The maximum absolute atomic E-state index is 5.77. The lowest BCUT2D eigenvalue weighted by molar-refractivity contribution is 0.155. The van der Waals surface area contributed by atoms with Crippen LogP contribution in [-0.4, -0.2) is 31.1 Å². The molecule has 1 atom stereocenters. The minimum absolute atomic E-state index is 0.726. The highest BCUT2D eigenvalue weighted by atomic mass is 15.1. The van der Waals surface area contributed by atoms with Gasteiger partial charge in [-0.3, -0.25) is 0 Å². The standard InChI is InChI=1S/C15H32N2/c1-4-13-6-8-15(9-7-13)17(3)11-10-14(5-2)12-16/h13-15H,4-12,16H2,1-3H3. The van der Waals surface area contributed by atoms with E-state index in [1.54, 1.807) is 0 Å². The highest BCUT2D eigenvalue weighted by molar-refractivity contribution is 4.78. The Kier molecular flexibility index (Phi) is 7.14. The lowest BCUT2D eigenvalue weighted by atomic mass is 9.84. The van der Waals surface area contributed by atoms with Crippen molar-refractivity contribution in [3.05, 3.63) is 0 Å². The molecule has 1 saturated carbocycles. The highest BCUT2D eigenvalue weighted by Gasteiger charge is 2.22. The SMILES string of the molecule is CCC(CN)CCN(C)C1CCC(CC)CC1. The van der Waals surface area contributed by atoms with Crippen LogP contribution >= 0.6 is 0 Å². The lowest BCUT2D eigenvalue weighted by Crippen LogP contribution is -2.36. The van der Waals surface area contributed by atoms with E-state index in [9.17, 15) is 0 Å². The molecule has 0 aromatic heterocycles. The second-order valence-electron chi connectivity index (χ2n) is 5.86. The zero-order valence-corrected chi connectivity index (χ0v) is 12.1. The van der Waals surface area contributed by atoms with Crippen molar-refractivity contribution >= 4 is 0 Å². The molecule has 0 aliphatic heterocycles. The topological polar surface area (TPSA) is 29.3 Å². The van der Waals surface area contributed by atoms with Crippen molar-refractivity contribution in [3.63, 3.8) is 0 Å². The molecule has 17 heavy (non-hydrogen) atoms. The third-order valence-corrected chi connectivity index (χ3v) is 4.82. The Labute approximate surface area is 108 Å². The van der Waals surface area contributed by atoms with E-state index in [-0.39, 0.29) is 0 Å². The largest absolute Gasteiger partial charge is 0.330 e. The van der Waals surface area contributed by atoms with Crippen LogP contribution in [0.15, 0.2) is 0 Å². The molecule has 102 valence electrons. The van der Waals surface area contributed by atoms with Gasteiger partial charge in [-0.15, -0.1) is 0 Å². The Hall–Kier alpha value is -0.0800. The Morgan fingerprint density at radius 3 is 2.29 bits per heavy atom. The first-order chi connectivity index (χ1) is 8.21. The van der Waals surface area contributed by atoms with Gasteiger partial charge in [-0.05, 0) is 64.1 Å². The quantitative estimate of drug-likeness (QED) is 0.740. The van der Waals surface area contributed by atoms with E-state index in [0.717, 1.165) is 24.4 Å². The Morgan fingerprint density at radius 1 is 1.18 bits per heavy atom. The van der Waals surface area contributed by atoms with E-state index in [0.29, 0.717) is 0 Å². The summed E-state index contributed by atoms with van der Waals surface area (Å²) in [6, 6.07) is 0.841. The predicted molar refractivity (Wildman–Crippen MR) is 76.1 cm³/mol. The van der Waals surface area contributed by atoms with Crippen LogP contribution in [-0.2, 0) is 0 Å². The van der Waals surface area contributed by atoms with Gasteiger partial charge in [0.15, 0.2) is 0 Å². The van der Waals surface area contributed by atoms with Crippen molar-refractivity contribution in [2.75, 3.05) is 20.1 Å². The van der Waals surface area contributed by atoms with Crippen LogP contribution in [0.2, 0.25) is 0 Å². The second kappa shape index (κ2) is 8.10. The first-order valence-corrected chi connectivity index (χ1v) is 7.61. The fourth-order valence-electron chi connectivity index (χ4n) is 3.05. The predicted octanol–water partition coefficient (Wildman–Crippen LogP) is 3.26. The third kappa shape index (κ3) is 4.97. The van der Waals surface area contributed by atoms with Crippen molar-refractivity contribution in [1.82, 2.24) is 4.90 Å². The van der Waals surface area contributed by atoms with E-state index < -0.39 is 0 Å².